The van der Waals surface area contributed by atoms with Gasteiger partial charge in [0, 0.05) is 6.04 Å². The lowest BCUT2D eigenvalue weighted by Crippen LogP contribution is -2.45. The molecule has 0 saturated heterocycles. The van der Waals surface area contributed by atoms with Gasteiger partial charge in [0.05, 0.1) is 14.2 Å². The maximum absolute atomic E-state index is 10.6. The van der Waals surface area contributed by atoms with E-state index in [-0.39, 0.29) is 12.4 Å². The van der Waals surface area contributed by atoms with E-state index in [0.717, 1.165) is 0 Å². The first-order valence-electron chi connectivity index (χ1n) is 4.34. The van der Waals surface area contributed by atoms with Crippen LogP contribution in [0.2, 0.25) is 6.04 Å². The predicted octanol–water partition coefficient (Wildman–Crippen LogP) is 0.638. The highest BCUT2D eigenvalue weighted by molar-refractivity contribution is 6.59. The van der Waals surface area contributed by atoms with Gasteiger partial charge in [0.1, 0.15) is 6.61 Å². The molecule has 0 aliphatic rings. The van der Waals surface area contributed by atoms with E-state index in [0.29, 0.717) is 6.04 Å². The van der Waals surface area contributed by atoms with Gasteiger partial charge < -0.3 is 0 Å². The van der Waals surface area contributed by atoms with Gasteiger partial charge in [0.15, 0.2) is 5.78 Å². The second-order valence-electron chi connectivity index (χ2n) is 2.58. The van der Waals surface area contributed by atoms with Crippen LogP contribution in [-0.4, -0.2) is 35.4 Å². The van der Waals surface area contributed by atoms with Crippen LogP contribution in [0.15, 0.2) is 0 Å². The number of carbonyl (C=O) groups is 1. The Balaban J connectivity index is 4.13. The minimum atomic E-state index is -3.16. The Morgan fingerprint density at radius 2 is 1.67 bits per heavy atom. The molecule has 0 aliphatic heterocycles. The van der Waals surface area contributed by atoms with Crippen LogP contribution in [0.1, 0.15) is 13.8 Å². The van der Waals surface area contributed by atoms with Crippen LogP contribution in [0.3, 0.4) is 0 Å². The van der Waals surface area contributed by atoms with Gasteiger partial charge >= 0.3 is 8.80 Å². The van der Waals surface area contributed by atoms with Gasteiger partial charge in [0.25, 0.3) is 0 Å². The molecule has 0 bridgehead atoms. The lowest BCUT2D eigenvalue weighted by atomic mass is 10.5. The first-order chi connectivity index (χ1) is 7.10. The van der Waals surface area contributed by atoms with E-state index < -0.39 is 8.80 Å². The van der Waals surface area contributed by atoms with Crippen LogP contribution in [-0.2, 0) is 33.2 Å². The summed E-state index contributed by atoms with van der Waals surface area (Å²) in [6.07, 6.45) is 0. The second-order valence-corrected chi connectivity index (χ2v) is 5.16. The van der Waals surface area contributed by atoms with E-state index in [1.54, 1.807) is 6.92 Å². The lowest BCUT2D eigenvalue weighted by molar-refractivity contribution is -0.347. The number of hydrogen-bond donors (Lipinski definition) is 0. The summed E-state index contributed by atoms with van der Waals surface area (Å²) in [6.45, 7) is 2.93. The molecule has 15 heavy (non-hydrogen) atoms. The average molecular weight is 240 g/mol. The van der Waals surface area contributed by atoms with Crippen molar-refractivity contribution < 1.29 is 33.2 Å². The van der Waals surface area contributed by atoms with Crippen molar-refractivity contribution >= 4 is 14.6 Å². The molecule has 0 heterocycles. The Labute approximate surface area is 89.3 Å². The number of hydrogen-bond acceptors (Lipinski definition) is 7. The van der Waals surface area contributed by atoms with Crippen molar-refractivity contribution in [2.24, 2.45) is 0 Å². The van der Waals surface area contributed by atoms with Crippen LogP contribution in [0.5, 0.6) is 0 Å². The van der Waals surface area contributed by atoms with Crippen LogP contribution in [0, 0.1) is 0 Å². The molecule has 0 spiro atoms. The molecule has 0 aromatic heterocycles. The normalized spacial score (nSPS) is 11.7. The maximum atomic E-state index is 10.6. The molecular weight excluding hydrogens is 224 g/mol. The first-order valence-corrected chi connectivity index (χ1v) is 6.27. The summed E-state index contributed by atoms with van der Waals surface area (Å²) in [4.78, 5) is 24.2. The van der Waals surface area contributed by atoms with Crippen LogP contribution < -0.4 is 0 Å². The van der Waals surface area contributed by atoms with E-state index in [1.807, 2.05) is 0 Å². The van der Waals surface area contributed by atoms with Gasteiger partial charge in [-0.1, -0.05) is 6.92 Å². The lowest BCUT2D eigenvalue weighted by Gasteiger charge is -2.22. The molecule has 0 unspecified atom stereocenters. The maximum Gasteiger partial charge on any atom is 0.584 e. The quantitative estimate of drug-likeness (QED) is 0.332. The van der Waals surface area contributed by atoms with Crippen molar-refractivity contribution in [3.8, 4) is 0 Å². The van der Waals surface area contributed by atoms with E-state index in [9.17, 15) is 4.79 Å². The van der Waals surface area contributed by atoms with E-state index in [1.165, 1.54) is 21.1 Å². The molecular formula is C7H16O7Si. The van der Waals surface area contributed by atoms with Crippen molar-refractivity contribution in [3.05, 3.63) is 0 Å². The number of rotatable bonds is 9. The molecule has 0 aromatic carbocycles. The van der Waals surface area contributed by atoms with Crippen molar-refractivity contribution in [1.82, 2.24) is 0 Å². The third-order valence-electron chi connectivity index (χ3n) is 1.30. The summed E-state index contributed by atoms with van der Waals surface area (Å²) in [5.41, 5.74) is 0. The van der Waals surface area contributed by atoms with Gasteiger partial charge in [-0.15, -0.1) is 0 Å². The third kappa shape index (κ3) is 5.94. The Morgan fingerprint density at radius 3 is 2.00 bits per heavy atom. The van der Waals surface area contributed by atoms with Gasteiger partial charge in [-0.05, 0) is 6.92 Å². The van der Waals surface area contributed by atoms with Gasteiger partial charge in [0.2, 0.25) is 0 Å². The summed E-state index contributed by atoms with van der Waals surface area (Å²) in [6, 6.07) is 0.368. The molecule has 8 heteroatoms. The molecule has 0 amide bonds. The fourth-order valence-electron chi connectivity index (χ4n) is 0.675. The van der Waals surface area contributed by atoms with E-state index >= 15 is 0 Å². The topological polar surface area (TPSA) is 72.5 Å². The van der Waals surface area contributed by atoms with Crippen LogP contribution in [0.25, 0.3) is 0 Å². The van der Waals surface area contributed by atoms with Gasteiger partial charge in [-0.3, -0.25) is 4.79 Å². The van der Waals surface area contributed by atoms with Crippen molar-refractivity contribution in [2.45, 2.75) is 19.9 Å². The molecule has 0 rings (SSSR count). The fraction of sp³-hybridized carbons (Fsp3) is 0.857. The highest BCUT2D eigenvalue weighted by atomic mass is 28.4. The molecule has 0 atom stereocenters. The third-order valence-corrected chi connectivity index (χ3v) is 3.38. The Morgan fingerprint density at radius 1 is 1.13 bits per heavy atom. The Bertz CT molecular complexity index is 180. The highest BCUT2D eigenvalue weighted by Crippen LogP contribution is 2.15. The van der Waals surface area contributed by atoms with Gasteiger partial charge in [-0.25, -0.2) is 28.4 Å². The predicted molar refractivity (Wildman–Crippen MR) is 50.1 cm³/mol. The molecule has 7 nitrogen and oxygen atoms in total. The standard InChI is InChI=1S/C7H16O7Si/c1-5-15(12-9-3,13-10-4)14-11-6-7(2)8/h5-6H2,1-4H3. The zero-order valence-corrected chi connectivity index (χ0v) is 10.3. The van der Waals surface area contributed by atoms with Crippen molar-refractivity contribution in [1.29, 1.82) is 0 Å². The minimum Gasteiger partial charge on any atom is -0.297 e. The van der Waals surface area contributed by atoms with Crippen molar-refractivity contribution in [3.63, 3.8) is 0 Å². The van der Waals surface area contributed by atoms with Crippen LogP contribution in [0.4, 0.5) is 0 Å². The fourth-order valence-corrected chi connectivity index (χ4v) is 1.86. The molecule has 90 valence electrons. The average Bonchev–Trinajstić information content (AvgIpc) is 2.17. The highest BCUT2D eigenvalue weighted by Gasteiger charge is 2.45. The van der Waals surface area contributed by atoms with Gasteiger partial charge in [-0.2, -0.15) is 0 Å². The van der Waals surface area contributed by atoms with E-state index in [4.69, 9.17) is 13.7 Å². The monoisotopic (exact) mass is 240 g/mol. The molecule has 0 aromatic rings. The van der Waals surface area contributed by atoms with E-state index in [2.05, 4.69) is 14.7 Å². The second kappa shape index (κ2) is 7.88. The molecule has 0 N–H and O–H groups in total. The zero-order valence-electron chi connectivity index (χ0n) is 9.27. The summed E-state index contributed by atoms with van der Waals surface area (Å²) in [5, 5.41) is 0. The van der Waals surface area contributed by atoms with Crippen LogP contribution >= 0.6 is 0 Å². The minimum absolute atomic E-state index is 0.177. The Kier molecular flexibility index (Phi) is 7.69. The first kappa shape index (κ1) is 14.6. The summed E-state index contributed by atoms with van der Waals surface area (Å²) < 4.78 is 14.6. The zero-order chi connectivity index (χ0) is 11.7. The Hall–Kier alpha value is -0.353. The SMILES string of the molecule is CC[Si](OOC)(OOC)OOCC(C)=O. The largest absolute Gasteiger partial charge is 0.584 e. The smallest absolute Gasteiger partial charge is 0.297 e. The van der Waals surface area contributed by atoms with Crippen molar-refractivity contribution in [2.75, 3.05) is 20.8 Å². The number of carbonyl (C=O) groups excluding carboxylic acids is 1. The molecule has 0 fully saturated rings. The number of Topliss-reactive ketones (excluding diaryl/α,β-unsaturated/α-hetero) is 1. The molecule has 0 aliphatic carbocycles. The summed E-state index contributed by atoms with van der Waals surface area (Å²) in [5.74, 6) is -0.177. The summed E-state index contributed by atoms with van der Waals surface area (Å²) >= 11 is 0. The molecule has 0 radical (unpaired) electrons. The molecule has 0 saturated carbocycles. The summed E-state index contributed by atoms with van der Waals surface area (Å²) in [7, 11) is -0.535. The number of ketones is 1.